The maximum atomic E-state index is 12.7. The smallest absolute Gasteiger partial charge is 0.123 e. The fraction of sp³-hybridized carbons (Fsp3) is 0.273. The van der Waals surface area contributed by atoms with E-state index in [9.17, 15) is 4.39 Å². The molecule has 0 N–H and O–H groups in total. The predicted octanol–water partition coefficient (Wildman–Crippen LogP) is 2.70. The Kier molecular flexibility index (Phi) is 2.88. The van der Waals surface area contributed by atoms with Gasteiger partial charge in [-0.25, -0.2) is 4.39 Å². The van der Waals surface area contributed by atoms with E-state index in [1.165, 1.54) is 6.07 Å². The van der Waals surface area contributed by atoms with Gasteiger partial charge in [-0.05, 0) is 36.6 Å². The first-order chi connectivity index (χ1) is 5.74. The summed E-state index contributed by atoms with van der Waals surface area (Å²) in [5.41, 5.74) is 2.11. The van der Waals surface area contributed by atoms with Gasteiger partial charge in [-0.15, -0.1) is 12.3 Å². The van der Waals surface area contributed by atoms with Crippen LogP contribution in [0.4, 0.5) is 4.39 Å². The highest BCUT2D eigenvalue weighted by molar-refractivity contribution is 5.27. The molecule has 0 amide bonds. The highest BCUT2D eigenvalue weighted by Gasteiger charge is 1.98. The average molecular weight is 162 g/mol. The number of rotatable bonds is 2. The Bertz CT molecular complexity index is 307. The fourth-order valence-electron chi connectivity index (χ4n) is 1.12. The summed E-state index contributed by atoms with van der Waals surface area (Å²) in [6.07, 6.45) is 6.56. The molecule has 0 saturated heterocycles. The van der Waals surface area contributed by atoms with Crippen molar-refractivity contribution in [2.24, 2.45) is 0 Å². The van der Waals surface area contributed by atoms with Crippen molar-refractivity contribution in [3.8, 4) is 12.3 Å². The predicted molar refractivity (Wildman–Crippen MR) is 48.3 cm³/mol. The summed E-state index contributed by atoms with van der Waals surface area (Å²) in [6, 6.07) is 4.79. The lowest BCUT2D eigenvalue weighted by molar-refractivity contribution is 0.624. The van der Waals surface area contributed by atoms with Crippen LogP contribution < -0.4 is 0 Å². The van der Waals surface area contributed by atoms with E-state index in [0.29, 0.717) is 6.42 Å². The van der Waals surface area contributed by atoms with Crippen LogP contribution in [0.15, 0.2) is 18.2 Å². The topological polar surface area (TPSA) is 0 Å². The summed E-state index contributed by atoms with van der Waals surface area (Å²) in [5, 5.41) is 0. The van der Waals surface area contributed by atoms with Gasteiger partial charge >= 0.3 is 0 Å². The molecular formula is C11H11F. The van der Waals surface area contributed by atoms with Crippen LogP contribution in [0.1, 0.15) is 17.5 Å². The van der Waals surface area contributed by atoms with Crippen molar-refractivity contribution < 1.29 is 4.39 Å². The third-order valence-electron chi connectivity index (χ3n) is 1.85. The summed E-state index contributed by atoms with van der Waals surface area (Å²) < 4.78 is 12.7. The third kappa shape index (κ3) is 2.10. The van der Waals surface area contributed by atoms with Gasteiger partial charge in [0.25, 0.3) is 0 Å². The molecule has 0 bridgehead atoms. The lowest BCUT2D eigenvalue weighted by Gasteiger charge is -2.02. The van der Waals surface area contributed by atoms with E-state index < -0.39 is 0 Å². The van der Waals surface area contributed by atoms with Gasteiger partial charge in [0.2, 0.25) is 0 Å². The first-order valence-corrected chi connectivity index (χ1v) is 3.92. The van der Waals surface area contributed by atoms with E-state index >= 15 is 0 Å². The molecule has 0 unspecified atom stereocenters. The minimum Gasteiger partial charge on any atom is -0.207 e. The minimum absolute atomic E-state index is 0.187. The lowest BCUT2D eigenvalue weighted by atomic mass is 10.0. The molecule has 0 spiro atoms. The van der Waals surface area contributed by atoms with Crippen LogP contribution in [-0.2, 0) is 6.42 Å². The highest BCUT2D eigenvalue weighted by atomic mass is 19.1. The molecule has 0 fully saturated rings. The molecule has 62 valence electrons. The van der Waals surface area contributed by atoms with Crippen LogP contribution in [0, 0.1) is 25.1 Å². The number of hydrogen-bond acceptors (Lipinski definition) is 0. The van der Waals surface area contributed by atoms with Gasteiger partial charge in [0.1, 0.15) is 5.82 Å². The van der Waals surface area contributed by atoms with Crippen molar-refractivity contribution >= 4 is 0 Å². The molecule has 1 heteroatoms. The molecule has 0 saturated carbocycles. The van der Waals surface area contributed by atoms with E-state index in [1.807, 2.05) is 6.92 Å². The highest BCUT2D eigenvalue weighted by Crippen LogP contribution is 2.11. The third-order valence-corrected chi connectivity index (χ3v) is 1.85. The summed E-state index contributed by atoms with van der Waals surface area (Å²) in [6.45, 7) is 1.96. The van der Waals surface area contributed by atoms with Crippen molar-refractivity contribution in [3.63, 3.8) is 0 Å². The molecule has 0 radical (unpaired) electrons. The number of aryl methyl sites for hydroxylation is 2. The molecule has 1 aromatic carbocycles. The molecule has 0 aliphatic heterocycles. The Morgan fingerprint density at radius 2 is 2.25 bits per heavy atom. The van der Waals surface area contributed by atoms with Gasteiger partial charge in [-0.3, -0.25) is 0 Å². The summed E-state index contributed by atoms with van der Waals surface area (Å²) in [4.78, 5) is 0. The Morgan fingerprint density at radius 3 is 2.92 bits per heavy atom. The van der Waals surface area contributed by atoms with Crippen molar-refractivity contribution in [2.45, 2.75) is 19.8 Å². The van der Waals surface area contributed by atoms with Crippen LogP contribution in [-0.4, -0.2) is 0 Å². The average Bonchev–Trinajstić information content (AvgIpc) is 2.07. The van der Waals surface area contributed by atoms with Crippen LogP contribution in [0.5, 0.6) is 0 Å². The van der Waals surface area contributed by atoms with Crippen molar-refractivity contribution in [1.82, 2.24) is 0 Å². The molecule has 12 heavy (non-hydrogen) atoms. The molecule has 1 aromatic rings. The van der Waals surface area contributed by atoms with Crippen LogP contribution >= 0.6 is 0 Å². The maximum Gasteiger partial charge on any atom is 0.123 e. The molecule has 1 rings (SSSR count). The summed E-state index contributed by atoms with van der Waals surface area (Å²) >= 11 is 0. The number of benzene rings is 1. The first-order valence-electron chi connectivity index (χ1n) is 3.92. The monoisotopic (exact) mass is 162 g/mol. The van der Waals surface area contributed by atoms with Gasteiger partial charge in [0.15, 0.2) is 0 Å². The second-order valence-electron chi connectivity index (χ2n) is 2.77. The second-order valence-corrected chi connectivity index (χ2v) is 2.77. The molecule has 0 aliphatic carbocycles. The van der Waals surface area contributed by atoms with Crippen molar-refractivity contribution in [3.05, 3.63) is 35.1 Å². The largest absolute Gasteiger partial charge is 0.207 e. The van der Waals surface area contributed by atoms with Crippen LogP contribution in [0.25, 0.3) is 0 Å². The number of hydrogen-bond donors (Lipinski definition) is 0. The first kappa shape index (κ1) is 8.80. The second kappa shape index (κ2) is 3.92. The van der Waals surface area contributed by atoms with Crippen molar-refractivity contribution in [1.29, 1.82) is 0 Å². The van der Waals surface area contributed by atoms with Crippen LogP contribution in [0.2, 0.25) is 0 Å². The molecule has 0 nitrogen and oxygen atoms in total. The molecule has 0 aliphatic rings. The van der Waals surface area contributed by atoms with E-state index in [4.69, 9.17) is 6.42 Å². The van der Waals surface area contributed by atoms with Gasteiger partial charge in [-0.2, -0.15) is 0 Å². The van der Waals surface area contributed by atoms with Crippen LogP contribution in [0.3, 0.4) is 0 Å². The van der Waals surface area contributed by atoms with E-state index in [1.54, 1.807) is 12.1 Å². The Hall–Kier alpha value is -1.29. The quantitative estimate of drug-likeness (QED) is 0.586. The SMILES string of the molecule is C#CCCc1cc(F)ccc1C. The van der Waals surface area contributed by atoms with E-state index in [2.05, 4.69) is 5.92 Å². The Balaban J connectivity index is 2.84. The van der Waals surface area contributed by atoms with Gasteiger partial charge in [0, 0.05) is 6.42 Å². The Labute approximate surface area is 72.4 Å². The maximum absolute atomic E-state index is 12.7. The standard InChI is InChI=1S/C11H11F/c1-3-4-5-10-8-11(12)7-6-9(10)2/h1,6-8H,4-5H2,2H3. The molecule has 0 aromatic heterocycles. The number of terminal acetylenes is 1. The van der Waals surface area contributed by atoms with Gasteiger partial charge in [0.05, 0.1) is 0 Å². The zero-order valence-corrected chi connectivity index (χ0v) is 7.10. The zero-order chi connectivity index (χ0) is 8.97. The minimum atomic E-state index is -0.187. The normalized spacial score (nSPS) is 9.42. The molecule has 0 atom stereocenters. The summed E-state index contributed by atoms with van der Waals surface area (Å²) in [5.74, 6) is 2.35. The molecular weight excluding hydrogens is 151 g/mol. The van der Waals surface area contributed by atoms with Gasteiger partial charge < -0.3 is 0 Å². The van der Waals surface area contributed by atoms with Gasteiger partial charge in [-0.1, -0.05) is 6.07 Å². The molecule has 0 heterocycles. The fourth-order valence-corrected chi connectivity index (χ4v) is 1.12. The van der Waals surface area contributed by atoms with E-state index in [-0.39, 0.29) is 5.82 Å². The number of halogens is 1. The van der Waals surface area contributed by atoms with Crippen molar-refractivity contribution in [2.75, 3.05) is 0 Å². The summed E-state index contributed by atoms with van der Waals surface area (Å²) in [7, 11) is 0. The lowest BCUT2D eigenvalue weighted by Crippen LogP contribution is -1.89. The Morgan fingerprint density at radius 1 is 1.50 bits per heavy atom. The zero-order valence-electron chi connectivity index (χ0n) is 7.10. The van der Waals surface area contributed by atoms with E-state index in [0.717, 1.165) is 17.5 Å².